The van der Waals surface area contributed by atoms with Gasteiger partial charge in [0.05, 0.1) is 11.4 Å². The standard InChI is InChI=1S/C16H14N8/c1-10-8-13(24-23-10)14-17-4-2-11(21-14)9-12-3-5-18-16(22-12)15-19-6-7-20-15/h2-8H,9H2,1H3,(H,19,20)(H,23,24). The number of aryl methyl sites for hydroxylation is 1. The van der Waals surface area contributed by atoms with E-state index in [0.717, 1.165) is 22.8 Å². The second-order valence-corrected chi connectivity index (χ2v) is 5.29. The van der Waals surface area contributed by atoms with E-state index in [1.165, 1.54) is 0 Å². The van der Waals surface area contributed by atoms with E-state index in [9.17, 15) is 0 Å². The number of aromatic amines is 2. The molecule has 0 aliphatic rings. The van der Waals surface area contributed by atoms with Gasteiger partial charge in [0.1, 0.15) is 5.69 Å². The van der Waals surface area contributed by atoms with Crippen molar-refractivity contribution in [3.8, 4) is 23.2 Å². The Kier molecular flexibility index (Phi) is 3.54. The van der Waals surface area contributed by atoms with Crippen molar-refractivity contribution < 1.29 is 0 Å². The molecule has 0 radical (unpaired) electrons. The second-order valence-electron chi connectivity index (χ2n) is 5.29. The molecule has 0 fully saturated rings. The predicted molar refractivity (Wildman–Crippen MR) is 86.8 cm³/mol. The Morgan fingerprint density at radius 2 is 1.67 bits per heavy atom. The molecular weight excluding hydrogens is 304 g/mol. The van der Waals surface area contributed by atoms with Crippen LogP contribution in [0, 0.1) is 6.92 Å². The van der Waals surface area contributed by atoms with Gasteiger partial charge in [-0.1, -0.05) is 0 Å². The van der Waals surface area contributed by atoms with Crippen LogP contribution in [0.15, 0.2) is 43.0 Å². The van der Waals surface area contributed by atoms with Crippen molar-refractivity contribution in [3.05, 3.63) is 60.1 Å². The van der Waals surface area contributed by atoms with E-state index in [1.54, 1.807) is 24.8 Å². The third kappa shape index (κ3) is 2.89. The summed E-state index contributed by atoms with van der Waals surface area (Å²) in [5.74, 6) is 1.80. The second kappa shape index (κ2) is 5.99. The van der Waals surface area contributed by atoms with E-state index in [4.69, 9.17) is 0 Å². The molecule has 8 heteroatoms. The molecule has 0 aromatic carbocycles. The molecule has 0 saturated carbocycles. The summed E-state index contributed by atoms with van der Waals surface area (Å²) in [6.45, 7) is 1.94. The Bertz CT molecular complexity index is 958. The maximum absolute atomic E-state index is 4.57. The maximum Gasteiger partial charge on any atom is 0.195 e. The van der Waals surface area contributed by atoms with Crippen LogP contribution < -0.4 is 0 Å². The Morgan fingerprint density at radius 3 is 2.33 bits per heavy atom. The fourth-order valence-electron chi connectivity index (χ4n) is 2.33. The minimum Gasteiger partial charge on any atom is -0.342 e. The highest BCUT2D eigenvalue weighted by Crippen LogP contribution is 2.15. The van der Waals surface area contributed by atoms with Gasteiger partial charge < -0.3 is 4.98 Å². The van der Waals surface area contributed by atoms with E-state index in [0.29, 0.717) is 23.9 Å². The number of aromatic nitrogens is 8. The number of imidazole rings is 1. The molecule has 118 valence electrons. The van der Waals surface area contributed by atoms with Crippen LogP contribution in [-0.2, 0) is 6.42 Å². The van der Waals surface area contributed by atoms with Crippen molar-refractivity contribution in [2.75, 3.05) is 0 Å². The van der Waals surface area contributed by atoms with Gasteiger partial charge in [-0.2, -0.15) is 5.10 Å². The molecule has 24 heavy (non-hydrogen) atoms. The summed E-state index contributed by atoms with van der Waals surface area (Å²) in [6.07, 6.45) is 7.45. The first-order valence-electron chi connectivity index (χ1n) is 7.44. The zero-order chi connectivity index (χ0) is 16.4. The van der Waals surface area contributed by atoms with Gasteiger partial charge in [-0.25, -0.2) is 24.9 Å². The first-order chi connectivity index (χ1) is 11.8. The van der Waals surface area contributed by atoms with E-state index in [-0.39, 0.29) is 0 Å². The molecule has 4 aromatic heterocycles. The molecule has 0 bridgehead atoms. The molecule has 4 heterocycles. The highest BCUT2D eigenvalue weighted by molar-refractivity contribution is 5.49. The number of rotatable bonds is 4. The van der Waals surface area contributed by atoms with Crippen LogP contribution in [-0.4, -0.2) is 40.1 Å². The largest absolute Gasteiger partial charge is 0.342 e. The summed E-state index contributed by atoms with van der Waals surface area (Å²) in [7, 11) is 0. The number of hydrogen-bond acceptors (Lipinski definition) is 6. The van der Waals surface area contributed by atoms with Crippen molar-refractivity contribution in [2.45, 2.75) is 13.3 Å². The average Bonchev–Trinajstić information content (AvgIpc) is 3.27. The summed E-state index contributed by atoms with van der Waals surface area (Å²) < 4.78 is 0. The van der Waals surface area contributed by atoms with Gasteiger partial charge in [0.15, 0.2) is 17.5 Å². The monoisotopic (exact) mass is 318 g/mol. The average molecular weight is 318 g/mol. The van der Waals surface area contributed by atoms with Gasteiger partial charge in [0, 0.05) is 36.9 Å². The van der Waals surface area contributed by atoms with Crippen molar-refractivity contribution in [3.63, 3.8) is 0 Å². The number of nitrogens with zero attached hydrogens (tertiary/aromatic N) is 6. The highest BCUT2D eigenvalue weighted by atomic mass is 15.1. The zero-order valence-electron chi connectivity index (χ0n) is 12.9. The molecule has 0 unspecified atom stereocenters. The summed E-state index contributed by atoms with van der Waals surface area (Å²) >= 11 is 0. The lowest BCUT2D eigenvalue weighted by Gasteiger charge is -2.03. The highest BCUT2D eigenvalue weighted by Gasteiger charge is 2.09. The van der Waals surface area contributed by atoms with E-state index >= 15 is 0 Å². The summed E-state index contributed by atoms with van der Waals surface area (Å²) in [5, 5.41) is 7.09. The first kappa shape index (κ1) is 14.2. The minimum absolute atomic E-state index is 0.565. The van der Waals surface area contributed by atoms with E-state index in [1.807, 2.05) is 25.1 Å². The third-order valence-electron chi connectivity index (χ3n) is 3.43. The molecule has 0 atom stereocenters. The maximum atomic E-state index is 4.57. The van der Waals surface area contributed by atoms with Gasteiger partial charge in [-0.05, 0) is 25.1 Å². The minimum atomic E-state index is 0.565. The van der Waals surface area contributed by atoms with Gasteiger partial charge >= 0.3 is 0 Å². The smallest absolute Gasteiger partial charge is 0.195 e. The van der Waals surface area contributed by atoms with Crippen LogP contribution in [0.4, 0.5) is 0 Å². The van der Waals surface area contributed by atoms with E-state index in [2.05, 4.69) is 40.1 Å². The Morgan fingerprint density at radius 1 is 0.917 bits per heavy atom. The number of H-pyrrole nitrogens is 2. The molecule has 0 saturated heterocycles. The lowest BCUT2D eigenvalue weighted by molar-refractivity contribution is 0.961. The van der Waals surface area contributed by atoms with E-state index < -0.39 is 0 Å². The van der Waals surface area contributed by atoms with Gasteiger partial charge in [-0.15, -0.1) is 0 Å². The Balaban J connectivity index is 1.61. The van der Waals surface area contributed by atoms with Gasteiger partial charge in [0.2, 0.25) is 0 Å². The lowest BCUT2D eigenvalue weighted by atomic mass is 10.2. The van der Waals surface area contributed by atoms with Crippen molar-refractivity contribution in [1.82, 2.24) is 40.1 Å². The summed E-state index contributed by atoms with van der Waals surface area (Å²) in [4.78, 5) is 24.8. The van der Waals surface area contributed by atoms with Crippen molar-refractivity contribution >= 4 is 0 Å². The number of nitrogens with one attached hydrogen (secondary N) is 2. The van der Waals surface area contributed by atoms with Crippen molar-refractivity contribution in [2.24, 2.45) is 0 Å². The fourth-order valence-corrected chi connectivity index (χ4v) is 2.33. The van der Waals surface area contributed by atoms with Crippen LogP contribution in [0.2, 0.25) is 0 Å². The molecule has 0 aliphatic heterocycles. The topological polar surface area (TPSA) is 109 Å². The van der Waals surface area contributed by atoms with Crippen LogP contribution in [0.3, 0.4) is 0 Å². The van der Waals surface area contributed by atoms with Crippen molar-refractivity contribution in [1.29, 1.82) is 0 Å². The zero-order valence-corrected chi connectivity index (χ0v) is 12.9. The van der Waals surface area contributed by atoms with Crippen LogP contribution in [0.25, 0.3) is 23.2 Å². The van der Waals surface area contributed by atoms with Crippen LogP contribution in [0.1, 0.15) is 17.1 Å². The predicted octanol–water partition coefficient (Wildman–Crippen LogP) is 1.95. The van der Waals surface area contributed by atoms with Gasteiger partial charge in [0.25, 0.3) is 0 Å². The third-order valence-corrected chi connectivity index (χ3v) is 3.43. The summed E-state index contributed by atoms with van der Waals surface area (Å²) in [6, 6.07) is 5.66. The lowest BCUT2D eigenvalue weighted by Crippen LogP contribution is -2.00. The molecule has 0 aliphatic carbocycles. The molecule has 8 nitrogen and oxygen atoms in total. The van der Waals surface area contributed by atoms with Crippen LogP contribution >= 0.6 is 0 Å². The normalized spacial score (nSPS) is 10.9. The fraction of sp³-hybridized carbons (Fsp3) is 0.125. The molecular formula is C16H14N8. The molecule has 4 rings (SSSR count). The quantitative estimate of drug-likeness (QED) is 0.595. The molecule has 2 N–H and O–H groups in total. The molecule has 0 spiro atoms. The summed E-state index contributed by atoms with van der Waals surface area (Å²) in [5.41, 5.74) is 3.43. The van der Waals surface area contributed by atoms with Crippen LogP contribution in [0.5, 0.6) is 0 Å². The van der Waals surface area contributed by atoms with Gasteiger partial charge in [-0.3, -0.25) is 5.10 Å². The Labute approximate surface area is 137 Å². The Hall–Kier alpha value is -3.42. The SMILES string of the molecule is Cc1cc(-c2nccc(Cc3ccnc(-c4ncc[nH]4)n3)n2)n[nH]1. The first-order valence-corrected chi connectivity index (χ1v) is 7.44. The number of hydrogen-bond donors (Lipinski definition) is 2. The molecule has 4 aromatic rings. The molecule has 0 amide bonds.